The molecule has 0 aliphatic carbocycles. The molecule has 0 spiro atoms. The molecule has 24 heavy (non-hydrogen) atoms. The zero-order valence-corrected chi connectivity index (χ0v) is 14.9. The van der Waals surface area contributed by atoms with E-state index in [1.165, 1.54) is 12.1 Å². The van der Waals surface area contributed by atoms with Crippen LogP contribution >= 0.6 is 0 Å². The van der Waals surface area contributed by atoms with Gasteiger partial charge in [-0.15, -0.1) is 0 Å². The van der Waals surface area contributed by atoms with Crippen molar-refractivity contribution in [2.45, 2.75) is 38.1 Å². The van der Waals surface area contributed by atoms with Gasteiger partial charge in [-0.05, 0) is 50.7 Å². The van der Waals surface area contributed by atoms with E-state index in [-0.39, 0.29) is 17.6 Å². The summed E-state index contributed by atoms with van der Waals surface area (Å²) >= 11 is 0. The highest BCUT2D eigenvalue weighted by Gasteiger charge is 2.42. The largest absolute Gasteiger partial charge is 0.307 e. The highest BCUT2D eigenvalue weighted by molar-refractivity contribution is 5.93. The van der Waals surface area contributed by atoms with Crippen LogP contribution in [0.3, 0.4) is 0 Å². The molecule has 2 atom stereocenters. The molecule has 0 aromatic heterocycles. The van der Waals surface area contributed by atoms with Crippen molar-refractivity contribution in [3.8, 4) is 0 Å². The average Bonchev–Trinajstić information content (AvgIpc) is 2.59. The average molecular weight is 327 g/mol. The second-order valence-electron chi connectivity index (χ2n) is 6.58. The standard InChI is InChI=1S/C21H26FNO/c1-5-20(24)21(15-16(2)23(3)4,17-10-7-6-8-11-17)18-12-9-13-19(22)14-18/h6-14,16H,5,15H2,1-4H3/t16-,21-/m0/s1. The van der Waals surface area contributed by atoms with Gasteiger partial charge >= 0.3 is 0 Å². The summed E-state index contributed by atoms with van der Waals surface area (Å²) in [6.45, 7) is 3.97. The number of carbonyl (C=O) groups excluding carboxylic acids is 1. The van der Waals surface area contributed by atoms with E-state index in [1.807, 2.05) is 57.4 Å². The van der Waals surface area contributed by atoms with Gasteiger partial charge in [0.15, 0.2) is 0 Å². The summed E-state index contributed by atoms with van der Waals surface area (Å²) in [5.74, 6) is -0.192. The quantitative estimate of drug-likeness (QED) is 0.750. The minimum atomic E-state index is -0.832. The Kier molecular flexibility index (Phi) is 5.89. The van der Waals surface area contributed by atoms with E-state index < -0.39 is 5.41 Å². The number of benzene rings is 2. The fourth-order valence-electron chi connectivity index (χ4n) is 3.24. The molecule has 0 aliphatic heterocycles. The molecule has 2 rings (SSSR count). The van der Waals surface area contributed by atoms with Crippen LogP contribution in [0.25, 0.3) is 0 Å². The summed E-state index contributed by atoms with van der Waals surface area (Å²) in [6.07, 6.45) is 1.02. The molecule has 0 heterocycles. The predicted octanol–water partition coefficient (Wildman–Crippen LogP) is 4.43. The van der Waals surface area contributed by atoms with Gasteiger partial charge in [-0.3, -0.25) is 4.79 Å². The van der Waals surface area contributed by atoms with Crippen molar-refractivity contribution in [1.82, 2.24) is 4.90 Å². The summed E-state index contributed by atoms with van der Waals surface area (Å²) in [4.78, 5) is 15.3. The van der Waals surface area contributed by atoms with Gasteiger partial charge in [0.1, 0.15) is 11.6 Å². The van der Waals surface area contributed by atoms with E-state index in [0.717, 1.165) is 11.1 Å². The monoisotopic (exact) mass is 327 g/mol. The first-order valence-electron chi connectivity index (χ1n) is 8.43. The van der Waals surface area contributed by atoms with Crippen molar-refractivity contribution in [2.24, 2.45) is 0 Å². The number of rotatable bonds is 7. The number of hydrogen-bond acceptors (Lipinski definition) is 2. The molecule has 0 saturated carbocycles. The topological polar surface area (TPSA) is 20.3 Å². The first kappa shape index (κ1) is 18.3. The van der Waals surface area contributed by atoms with Gasteiger partial charge in [-0.25, -0.2) is 4.39 Å². The van der Waals surface area contributed by atoms with Gasteiger partial charge in [0.05, 0.1) is 5.41 Å². The SMILES string of the molecule is CCC(=O)[C@@](C[C@H](C)N(C)C)(c1ccccc1)c1cccc(F)c1. The third-order valence-electron chi connectivity index (χ3n) is 4.86. The molecule has 0 N–H and O–H groups in total. The van der Waals surface area contributed by atoms with Crippen LogP contribution in [0.2, 0.25) is 0 Å². The van der Waals surface area contributed by atoms with Gasteiger partial charge in [0.2, 0.25) is 0 Å². The Morgan fingerprint density at radius 2 is 1.71 bits per heavy atom. The van der Waals surface area contributed by atoms with Gasteiger partial charge in [-0.2, -0.15) is 0 Å². The van der Waals surface area contributed by atoms with Crippen molar-refractivity contribution in [3.63, 3.8) is 0 Å². The molecular formula is C21H26FNO. The molecular weight excluding hydrogens is 301 g/mol. The van der Waals surface area contributed by atoms with Crippen LogP contribution in [-0.2, 0) is 10.2 Å². The van der Waals surface area contributed by atoms with E-state index >= 15 is 0 Å². The Hall–Kier alpha value is -2.00. The molecule has 0 radical (unpaired) electrons. The van der Waals surface area contributed by atoms with Gasteiger partial charge < -0.3 is 4.90 Å². The molecule has 0 bridgehead atoms. The maximum Gasteiger partial charge on any atom is 0.147 e. The van der Waals surface area contributed by atoms with E-state index in [1.54, 1.807) is 6.07 Å². The van der Waals surface area contributed by atoms with Crippen LogP contribution in [0.15, 0.2) is 54.6 Å². The first-order chi connectivity index (χ1) is 11.4. The third kappa shape index (κ3) is 3.57. The summed E-state index contributed by atoms with van der Waals surface area (Å²) in [5.41, 5.74) is 0.826. The van der Waals surface area contributed by atoms with Gasteiger partial charge in [0, 0.05) is 12.5 Å². The van der Waals surface area contributed by atoms with E-state index in [2.05, 4.69) is 11.8 Å². The van der Waals surface area contributed by atoms with E-state index in [4.69, 9.17) is 0 Å². The number of halogens is 1. The predicted molar refractivity (Wildman–Crippen MR) is 96.7 cm³/mol. The van der Waals surface area contributed by atoms with Crippen molar-refractivity contribution in [3.05, 3.63) is 71.5 Å². The molecule has 0 aliphatic rings. The Bertz CT molecular complexity index is 683. The van der Waals surface area contributed by atoms with Crippen LogP contribution < -0.4 is 0 Å². The second kappa shape index (κ2) is 7.71. The lowest BCUT2D eigenvalue weighted by molar-refractivity contribution is -0.123. The number of carbonyl (C=O) groups is 1. The Labute approximate surface area is 144 Å². The highest BCUT2D eigenvalue weighted by atomic mass is 19.1. The van der Waals surface area contributed by atoms with E-state index in [9.17, 15) is 9.18 Å². The lowest BCUT2D eigenvalue weighted by Crippen LogP contribution is -2.43. The fourth-order valence-corrected chi connectivity index (χ4v) is 3.24. The fraction of sp³-hybridized carbons (Fsp3) is 0.381. The van der Waals surface area contributed by atoms with E-state index in [0.29, 0.717) is 12.8 Å². The number of nitrogens with zero attached hydrogens (tertiary/aromatic N) is 1. The van der Waals surface area contributed by atoms with Gasteiger partial charge in [-0.1, -0.05) is 49.4 Å². The minimum absolute atomic E-state index is 0.119. The molecule has 0 amide bonds. The zero-order chi connectivity index (χ0) is 17.7. The zero-order valence-electron chi connectivity index (χ0n) is 14.9. The summed E-state index contributed by atoms with van der Waals surface area (Å²) in [5, 5.41) is 0. The minimum Gasteiger partial charge on any atom is -0.307 e. The number of Topliss-reactive ketones (excluding diaryl/α,β-unsaturated/α-hetero) is 1. The van der Waals surface area contributed by atoms with Crippen molar-refractivity contribution in [1.29, 1.82) is 0 Å². The summed E-state index contributed by atoms with van der Waals surface area (Å²) in [6, 6.07) is 16.4. The van der Waals surface area contributed by atoms with Crippen molar-refractivity contribution in [2.75, 3.05) is 14.1 Å². The van der Waals surface area contributed by atoms with Crippen LogP contribution in [0.4, 0.5) is 4.39 Å². The first-order valence-corrected chi connectivity index (χ1v) is 8.43. The highest BCUT2D eigenvalue weighted by Crippen LogP contribution is 2.39. The summed E-state index contributed by atoms with van der Waals surface area (Å²) in [7, 11) is 4.00. The molecule has 0 saturated heterocycles. The van der Waals surface area contributed by atoms with Crippen LogP contribution in [0, 0.1) is 5.82 Å². The number of ketones is 1. The lowest BCUT2D eigenvalue weighted by atomic mass is 9.67. The van der Waals surface area contributed by atoms with Gasteiger partial charge in [0.25, 0.3) is 0 Å². The molecule has 0 fully saturated rings. The third-order valence-corrected chi connectivity index (χ3v) is 4.86. The second-order valence-corrected chi connectivity index (χ2v) is 6.58. The molecule has 2 aromatic carbocycles. The van der Waals surface area contributed by atoms with Crippen LogP contribution in [0.5, 0.6) is 0 Å². The van der Waals surface area contributed by atoms with Crippen molar-refractivity contribution >= 4 is 5.78 Å². The van der Waals surface area contributed by atoms with Crippen molar-refractivity contribution < 1.29 is 9.18 Å². The maximum absolute atomic E-state index is 14.0. The maximum atomic E-state index is 14.0. The normalized spacial score (nSPS) is 15.1. The molecule has 0 unspecified atom stereocenters. The molecule has 2 nitrogen and oxygen atoms in total. The Balaban J connectivity index is 2.71. The Morgan fingerprint density at radius 3 is 2.25 bits per heavy atom. The molecule has 2 aromatic rings. The van der Waals surface area contributed by atoms with Crippen LogP contribution in [-0.4, -0.2) is 30.8 Å². The lowest BCUT2D eigenvalue weighted by Gasteiger charge is -2.37. The molecule has 128 valence electrons. The molecule has 3 heteroatoms. The number of hydrogen-bond donors (Lipinski definition) is 0. The Morgan fingerprint density at radius 1 is 1.08 bits per heavy atom. The smallest absolute Gasteiger partial charge is 0.147 e. The van der Waals surface area contributed by atoms with Crippen LogP contribution in [0.1, 0.15) is 37.8 Å². The summed E-state index contributed by atoms with van der Waals surface area (Å²) < 4.78 is 14.0.